The van der Waals surface area contributed by atoms with Gasteiger partial charge in [0, 0.05) is 19.6 Å². The summed E-state index contributed by atoms with van der Waals surface area (Å²) in [6.45, 7) is 6.78. The smallest absolute Gasteiger partial charge is 0.215 e. The molecule has 20 heavy (non-hydrogen) atoms. The zero-order valence-electron chi connectivity index (χ0n) is 12.2. The molecule has 1 aromatic heterocycles. The van der Waals surface area contributed by atoms with E-state index in [-0.39, 0.29) is 12.3 Å². The molecular weight excluding hydrogens is 258 g/mol. The number of aromatic nitrogens is 3. The van der Waals surface area contributed by atoms with Gasteiger partial charge in [-0.1, -0.05) is 0 Å². The van der Waals surface area contributed by atoms with E-state index in [2.05, 4.69) is 50.0 Å². The van der Waals surface area contributed by atoms with Crippen LogP contribution in [0.25, 0.3) is 0 Å². The molecule has 0 aliphatic carbocycles. The molecule has 0 bridgehead atoms. The molecule has 2 heterocycles. The average Bonchev–Trinajstić information content (AvgIpc) is 2.91. The van der Waals surface area contributed by atoms with Gasteiger partial charge in [-0.2, -0.15) is 0 Å². The van der Waals surface area contributed by atoms with Crippen molar-refractivity contribution < 1.29 is 0 Å². The molecule has 9 nitrogen and oxygen atoms in total. The second kappa shape index (κ2) is 6.22. The Balaban J connectivity index is 2.19. The van der Waals surface area contributed by atoms with Crippen molar-refractivity contribution in [1.29, 1.82) is 0 Å². The maximum atomic E-state index is 4.56. The van der Waals surface area contributed by atoms with Crippen LogP contribution in [0.4, 0.5) is 0 Å². The summed E-state index contributed by atoms with van der Waals surface area (Å²) in [4.78, 5) is 8.92. The maximum Gasteiger partial charge on any atom is 0.215 e. The summed E-state index contributed by atoms with van der Waals surface area (Å²) in [7, 11) is 1.90. The van der Waals surface area contributed by atoms with Gasteiger partial charge >= 0.3 is 0 Å². The molecule has 1 unspecified atom stereocenters. The lowest BCUT2D eigenvalue weighted by molar-refractivity contribution is 0.482. The van der Waals surface area contributed by atoms with Crippen molar-refractivity contribution in [1.82, 2.24) is 30.8 Å². The van der Waals surface area contributed by atoms with Crippen molar-refractivity contribution in [3.8, 4) is 0 Å². The number of aliphatic imine (C=N–C) groups is 2. The number of guanidine groups is 2. The van der Waals surface area contributed by atoms with Crippen LogP contribution in [0.1, 0.15) is 20.8 Å². The minimum Gasteiger partial charge on any atom is -0.354 e. The van der Waals surface area contributed by atoms with Crippen LogP contribution in [0.2, 0.25) is 0 Å². The Morgan fingerprint density at radius 2 is 2.15 bits per heavy atom. The van der Waals surface area contributed by atoms with Gasteiger partial charge in [-0.25, -0.2) is 9.67 Å². The zero-order valence-corrected chi connectivity index (χ0v) is 12.2. The third kappa shape index (κ3) is 3.37. The van der Waals surface area contributed by atoms with Gasteiger partial charge < -0.3 is 10.6 Å². The maximum absolute atomic E-state index is 4.56. The van der Waals surface area contributed by atoms with Crippen LogP contribution in [-0.2, 0) is 0 Å². The highest BCUT2D eigenvalue weighted by molar-refractivity contribution is 6.00. The minimum atomic E-state index is -0.293. The molecule has 0 aromatic carbocycles. The Hall–Kier alpha value is -2.32. The summed E-state index contributed by atoms with van der Waals surface area (Å²) in [5, 5.41) is 19.0. The predicted molar refractivity (Wildman–Crippen MR) is 77.9 cm³/mol. The summed E-state index contributed by atoms with van der Waals surface area (Å²) in [5.74, 6) is 1.38. The molecule has 0 saturated heterocycles. The molecule has 0 amide bonds. The number of nitrogens with zero attached hydrogens (tertiary/aromatic N) is 6. The van der Waals surface area contributed by atoms with E-state index >= 15 is 0 Å². The second-order valence-electron chi connectivity index (χ2n) is 4.66. The molecule has 9 heteroatoms. The lowest BCUT2D eigenvalue weighted by Gasteiger charge is -2.33. The Labute approximate surface area is 118 Å². The highest BCUT2D eigenvalue weighted by Gasteiger charge is 2.22. The lowest BCUT2D eigenvalue weighted by Crippen LogP contribution is -2.61. The summed E-state index contributed by atoms with van der Waals surface area (Å²) >= 11 is 0. The molecule has 1 aliphatic heterocycles. The summed E-state index contributed by atoms with van der Waals surface area (Å²) in [5.41, 5.74) is 0. The van der Waals surface area contributed by atoms with Crippen LogP contribution >= 0.6 is 0 Å². The number of hydrogen-bond donors (Lipinski definition) is 3. The Morgan fingerprint density at radius 1 is 1.45 bits per heavy atom. The summed E-state index contributed by atoms with van der Waals surface area (Å²) in [6, 6.07) is 0.281. The molecule has 1 aliphatic rings. The van der Waals surface area contributed by atoms with Gasteiger partial charge in [0.15, 0.2) is 0 Å². The van der Waals surface area contributed by atoms with Crippen molar-refractivity contribution in [3.05, 3.63) is 12.7 Å². The average molecular weight is 279 g/mol. The van der Waals surface area contributed by atoms with Crippen LogP contribution in [-0.4, -0.2) is 52.7 Å². The first-order valence-electron chi connectivity index (χ1n) is 6.60. The molecule has 0 saturated carbocycles. The highest BCUT2D eigenvalue weighted by atomic mass is 15.6. The Morgan fingerprint density at radius 3 is 2.75 bits per heavy atom. The number of hydrogen-bond acceptors (Lipinski definition) is 6. The molecule has 0 fully saturated rings. The summed E-state index contributed by atoms with van der Waals surface area (Å²) < 4.78 is 1.75. The fourth-order valence-electron chi connectivity index (χ4n) is 1.71. The van der Waals surface area contributed by atoms with Crippen molar-refractivity contribution >= 4 is 11.9 Å². The summed E-state index contributed by atoms with van der Waals surface area (Å²) in [6.07, 6.45) is 2.94. The van der Waals surface area contributed by atoms with E-state index in [0.717, 1.165) is 0 Å². The normalized spacial score (nSPS) is 20.4. The highest BCUT2D eigenvalue weighted by Crippen LogP contribution is 1.99. The fourth-order valence-corrected chi connectivity index (χ4v) is 1.71. The SMILES string of the molecule is CCN=C1NC(NC(C)C)=NC(N(C)n2cnnc2)N1. The van der Waals surface area contributed by atoms with E-state index in [1.54, 1.807) is 17.3 Å². The van der Waals surface area contributed by atoms with Crippen LogP contribution < -0.4 is 21.0 Å². The van der Waals surface area contributed by atoms with E-state index in [1.165, 1.54) is 0 Å². The molecule has 110 valence electrons. The topological polar surface area (TPSA) is 94.8 Å². The van der Waals surface area contributed by atoms with Gasteiger partial charge in [0.25, 0.3) is 0 Å². The molecule has 1 aromatic rings. The van der Waals surface area contributed by atoms with Gasteiger partial charge in [-0.05, 0) is 20.8 Å². The van der Waals surface area contributed by atoms with Gasteiger partial charge in [0.1, 0.15) is 12.7 Å². The first-order chi connectivity index (χ1) is 9.60. The molecule has 3 N–H and O–H groups in total. The third-order valence-electron chi connectivity index (χ3n) is 2.62. The van der Waals surface area contributed by atoms with Gasteiger partial charge in [-0.15, -0.1) is 10.2 Å². The fraction of sp³-hybridized carbons (Fsp3) is 0.636. The molecule has 2 rings (SSSR count). The van der Waals surface area contributed by atoms with Gasteiger partial charge in [0.2, 0.25) is 18.2 Å². The number of rotatable bonds is 4. The first kappa shape index (κ1) is 14.1. The van der Waals surface area contributed by atoms with Crippen LogP contribution in [0, 0.1) is 0 Å². The molecule has 0 spiro atoms. The molecule has 0 radical (unpaired) electrons. The Bertz CT molecular complexity index is 476. The lowest BCUT2D eigenvalue weighted by atomic mass is 10.4. The predicted octanol–water partition coefficient (Wildman–Crippen LogP) is -0.948. The van der Waals surface area contributed by atoms with E-state index in [9.17, 15) is 0 Å². The van der Waals surface area contributed by atoms with Crippen LogP contribution in [0.15, 0.2) is 22.6 Å². The van der Waals surface area contributed by atoms with Gasteiger partial charge in [0.05, 0.1) is 0 Å². The zero-order chi connectivity index (χ0) is 14.5. The Kier molecular flexibility index (Phi) is 4.38. The van der Waals surface area contributed by atoms with Crippen molar-refractivity contribution in [2.45, 2.75) is 33.1 Å². The van der Waals surface area contributed by atoms with Crippen molar-refractivity contribution in [2.75, 3.05) is 18.6 Å². The minimum absolute atomic E-state index is 0.281. The second-order valence-corrected chi connectivity index (χ2v) is 4.66. The first-order valence-corrected chi connectivity index (χ1v) is 6.60. The van der Waals surface area contributed by atoms with Crippen molar-refractivity contribution in [3.63, 3.8) is 0 Å². The monoisotopic (exact) mass is 279 g/mol. The molecule has 1 atom stereocenters. The third-order valence-corrected chi connectivity index (χ3v) is 2.62. The quantitative estimate of drug-likeness (QED) is 0.658. The van der Waals surface area contributed by atoms with E-state index in [0.29, 0.717) is 18.5 Å². The van der Waals surface area contributed by atoms with E-state index in [4.69, 9.17) is 0 Å². The van der Waals surface area contributed by atoms with E-state index < -0.39 is 0 Å². The van der Waals surface area contributed by atoms with E-state index in [1.807, 2.05) is 19.0 Å². The largest absolute Gasteiger partial charge is 0.354 e. The van der Waals surface area contributed by atoms with Crippen molar-refractivity contribution in [2.24, 2.45) is 9.98 Å². The van der Waals surface area contributed by atoms with Gasteiger partial charge in [-0.3, -0.25) is 15.3 Å². The number of nitrogens with one attached hydrogen (secondary N) is 3. The standard InChI is InChI=1S/C11H21N9/c1-5-12-9-16-10(15-8(2)3)18-11(17-9)19(4)20-6-13-14-7-20/h6-8,11H,5H2,1-4H3,(H3,12,15,16,17,18). The van der Waals surface area contributed by atoms with Crippen LogP contribution in [0.3, 0.4) is 0 Å². The van der Waals surface area contributed by atoms with Crippen LogP contribution in [0.5, 0.6) is 0 Å². The molecular formula is C11H21N9.